The summed E-state index contributed by atoms with van der Waals surface area (Å²) in [7, 11) is 1.97. The minimum absolute atomic E-state index is 1.00. The lowest BCUT2D eigenvalue weighted by Crippen LogP contribution is -2.24. The summed E-state index contributed by atoms with van der Waals surface area (Å²) in [6, 6.07) is 2.27. The van der Waals surface area contributed by atoms with Crippen molar-refractivity contribution >= 4 is 11.3 Å². The molecule has 0 amide bonds. The van der Waals surface area contributed by atoms with Crippen molar-refractivity contribution in [2.45, 2.75) is 20.4 Å². The summed E-state index contributed by atoms with van der Waals surface area (Å²) in [4.78, 5) is 2.87. The highest BCUT2D eigenvalue weighted by molar-refractivity contribution is 7.12. The summed E-state index contributed by atoms with van der Waals surface area (Å²) in [5.41, 5.74) is 1.41. The molecule has 0 aliphatic heterocycles. The second kappa shape index (κ2) is 5.37. The van der Waals surface area contributed by atoms with Crippen molar-refractivity contribution in [3.05, 3.63) is 21.4 Å². The highest BCUT2D eigenvalue weighted by Crippen LogP contribution is 2.19. The number of likely N-dealkylation sites (N-methyl/N-ethyl adjacent to an activating group) is 1. The van der Waals surface area contributed by atoms with Gasteiger partial charge in [0.05, 0.1) is 0 Å². The van der Waals surface area contributed by atoms with Gasteiger partial charge in [-0.2, -0.15) is 0 Å². The number of aryl methyl sites for hydroxylation is 2. The Morgan fingerprint density at radius 2 is 2.08 bits per heavy atom. The predicted molar refractivity (Wildman–Crippen MR) is 59.4 cm³/mol. The first-order valence-electron chi connectivity index (χ1n) is 4.65. The molecule has 2 nitrogen and oxygen atoms in total. The van der Waals surface area contributed by atoms with Gasteiger partial charge in [0.1, 0.15) is 0 Å². The van der Waals surface area contributed by atoms with Crippen molar-refractivity contribution in [3.8, 4) is 0 Å². The Morgan fingerprint density at radius 1 is 1.31 bits per heavy atom. The Labute approximate surface area is 84.4 Å². The van der Waals surface area contributed by atoms with Crippen LogP contribution in [0, 0.1) is 13.8 Å². The van der Waals surface area contributed by atoms with E-state index in [-0.39, 0.29) is 0 Å². The molecule has 0 saturated heterocycles. The molecule has 0 radical (unpaired) electrons. The van der Waals surface area contributed by atoms with E-state index in [9.17, 15) is 0 Å². The molecule has 1 aromatic heterocycles. The highest BCUT2D eigenvalue weighted by Gasteiger charge is 1.99. The van der Waals surface area contributed by atoms with Gasteiger partial charge in [-0.1, -0.05) is 0 Å². The second-order valence-electron chi connectivity index (χ2n) is 3.23. The maximum atomic E-state index is 3.39. The zero-order valence-electron chi connectivity index (χ0n) is 8.61. The molecule has 74 valence electrons. The molecule has 0 spiro atoms. The second-order valence-corrected chi connectivity index (χ2v) is 4.57. The monoisotopic (exact) mass is 198 g/mol. The van der Waals surface area contributed by atoms with E-state index in [0.717, 1.165) is 19.6 Å². The highest BCUT2D eigenvalue weighted by atomic mass is 32.1. The number of rotatable bonds is 5. The minimum atomic E-state index is 1.00. The van der Waals surface area contributed by atoms with Crippen molar-refractivity contribution in [2.75, 3.05) is 20.1 Å². The Morgan fingerprint density at radius 3 is 2.62 bits per heavy atom. The van der Waals surface area contributed by atoms with Crippen molar-refractivity contribution < 1.29 is 0 Å². The van der Waals surface area contributed by atoms with Crippen LogP contribution in [0.3, 0.4) is 0 Å². The molecule has 0 aromatic carbocycles. The van der Waals surface area contributed by atoms with Gasteiger partial charge in [-0.15, -0.1) is 11.3 Å². The Hall–Kier alpha value is -0.380. The van der Waals surface area contributed by atoms with Gasteiger partial charge in [-0.05, 0) is 32.5 Å². The van der Waals surface area contributed by atoms with E-state index in [0.29, 0.717) is 0 Å². The van der Waals surface area contributed by atoms with Gasteiger partial charge < -0.3 is 10.6 Å². The number of thiophene rings is 1. The summed E-state index contributed by atoms with van der Waals surface area (Å²) >= 11 is 1.89. The molecule has 13 heavy (non-hydrogen) atoms. The van der Waals surface area contributed by atoms with E-state index in [4.69, 9.17) is 0 Å². The third-order valence-corrected chi connectivity index (χ3v) is 3.22. The lowest BCUT2D eigenvalue weighted by molar-refractivity contribution is 0.655. The van der Waals surface area contributed by atoms with E-state index in [2.05, 4.69) is 30.5 Å². The summed E-state index contributed by atoms with van der Waals surface area (Å²) in [6.07, 6.45) is 0. The molecule has 0 saturated carbocycles. The number of hydrogen-bond acceptors (Lipinski definition) is 3. The summed E-state index contributed by atoms with van der Waals surface area (Å²) in [6.45, 7) is 7.41. The molecule has 0 bridgehead atoms. The van der Waals surface area contributed by atoms with Gasteiger partial charge in [0.25, 0.3) is 0 Å². The molecular weight excluding hydrogens is 180 g/mol. The molecule has 0 aliphatic rings. The molecule has 0 aliphatic carbocycles. The first kappa shape index (κ1) is 10.7. The van der Waals surface area contributed by atoms with Crippen molar-refractivity contribution in [1.82, 2.24) is 10.6 Å². The quantitative estimate of drug-likeness (QED) is 0.703. The molecule has 1 rings (SSSR count). The summed E-state index contributed by atoms with van der Waals surface area (Å²) in [5.74, 6) is 0. The van der Waals surface area contributed by atoms with Gasteiger partial charge in [-0.3, -0.25) is 0 Å². The maximum absolute atomic E-state index is 3.39. The fourth-order valence-corrected chi connectivity index (χ4v) is 2.18. The standard InChI is InChI=1S/C10H18N2S/c1-8-6-10(13-9(8)2)7-12-5-4-11-3/h6,11-12H,4-5,7H2,1-3H3. The Balaban J connectivity index is 2.29. The summed E-state index contributed by atoms with van der Waals surface area (Å²) < 4.78 is 0. The van der Waals surface area contributed by atoms with Crippen LogP contribution in [-0.4, -0.2) is 20.1 Å². The third kappa shape index (κ3) is 3.46. The van der Waals surface area contributed by atoms with Crippen LogP contribution in [0.25, 0.3) is 0 Å². The smallest absolute Gasteiger partial charge is 0.0300 e. The lowest BCUT2D eigenvalue weighted by Gasteiger charge is -2.00. The topological polar surface area (TPSA) is 24.1 Å². The first-order chi connectivity index (χ1) is 6.24. The van der Waals surface area contributed by atoms with Crippen LogP contribution in [0.4, 0.5) is 0 Å². The van der Waals surface area contributed by atoms with Crippen LogP contribution in [0.2, 0.25) is 0 Å². The van der Waals surface area contributed by atoms with E-state index in [1.54, 1.807) is 0 Å². The van der Waals surface area contributed by atoms with E-state index in [1.807, 2.05) is 18.4 Å². The molecular formula is C10H18N2S. The minimum Gasteiger partial charge on any atom is -0.318 e. The fraction of sp³-hybridized carbons (Fsp3) is 0.600. The normalized spacial score (nSPS) is 10.7. The lowest BCUT2D eigenvalue weighted by atomic mass is 10.3. The van der Waals surface area contributed by atoms with Crippen molar-refractivity contribution in [2.24, 2.45) is 0 Å². The molecule has 3 heteroatoms. The average molecular weight is 198 g/mol. The third-order valence-electron chi connectivity index (χ3n) is 2.07. The zero-order valence-corrected chi connectivity index (χ0v) is 9.42. The Kier molecular flexibility index (Phi) is 4.42. The van der Waals surface area contributed by atoms with E-state index in [1.165, 1.54) is 15.3 Å². The van der Waals surface area contributed by atoms with Gasteiger partial charge in [0, 0.05) is 29.4 Å². The van der Waals surface area contributed by atoms with Crippen molar-refractivity contribution in [3.63, 3.8) is 0 Å². The zero-order chi connectivity index (χ0) is 9.68. The van der Waals surface area contributed by atoms with Crippen LogP contribution < -0.4 is 10.6 Å². The van der Waals surface area contributed by atoms with Crippen LogP contribution in [-0.2, 0) is 6.54 Å². The van der Waals surface area contributed by atoms with Gasteiger partial charge in [-0.25, -0.2) is 0 Å². The molecule has 0 fully saturated rings. The molecule has 2 N–H and O–H groups in total. The number of nitrogens with one attached hydrogen (secondary N) is 2. The van der Waals surface area contributed by atoms with E-state index < -0.39 is 0 Å². The fourth-order valence-electron chi connectivity index (χ4n) is 1.16. The predicted octanol–water partition coefficient (Wildman–Crippen LogP) is 1.67. The largest absolute Gasteiger partial charge is 0.318 e. The molecule has 0 atom stereocenters. The average Bonchev–Trinajstić information content (AvgIpc) is 2.41. The van der Waals surface area contributed by atoms with Crippen LogP contribution in [0.5, 0.6) is 0 Å². The van der Waals surface area contributed by atoms with Crippen LogP contribution >= 0.6 is 11.3 Å². The Bertz CT molecular complexity index is 236. The van der Waals surface area contributed by atoms with Gasteiger partial charge in [0.2, 0.25) is 0 Å². The molecule has 1 heterocycles. The van der Waals surface area contributed by atoms with Crippen LogP contribution in [0.15, 0.2) is 6.07 Å². The SMILES string of the molecule is CNCCNCc1cc(C)c(C)s1. The van der Waals surface area contributed by atoms with Crippen molar-refractivity contribution in [1.29, 1.82) is 0 Å². The van der Waals surface area contributed by atoms with Gasteiger partial charge >= 0.3 is 0 Å². The molecule has 1 aromatic rings. The van der Waals surface area contributed by atoms with Crippen LogP contribution in [0.1, 0.15) is 15.3 Å². The van der Waals surface area contributed by atoms with Gasteiger partial charge in [0.15, 0.2) is 0 Å². The molecule has 0 unspecified atom stereocenters. The van der Waals surface area contributed by atoms with E-state index >= 15 is 0 Å². The summed E-state index contributed by atoms with van der Waals surface area (Å²) in [5, 5.41) is 6.50. The maximum Gasteiger partial charge on any atom is 0.0300 e. The number of hydrogen-bond donors (Lipinski definition) is 2. The first-order valence-corrected chi connectivity index (χ1v) is 5.47.